The number of benzene rings is 2. The molecule has 0 aliphatic carbocycles. The quantitative estimate of drug-likeness (QED) is 0.131. The molecule has 16 heteroatoms. The van der Waals surface area contributed by atoms with Crippen molar-refractivity contribution in [1.29, 1.82) is 0 Å². The van der Waals surface area contributed by atoms with E-state index in [4.69, 9.17) is 28.9 Å². The van der Waals surface area contributed by atoms with Crippen LogP contribution in [0.2, 0.25) is 10.0 Å². The lowest BCUT2D eigenvalue weighted by atomic mass is 10.2. The van der Waals surface area contributed by atoms with Gasteiger partial charge < -0.3 is 10.5 Å². The summed E-state index contributed by atoms with van der Waals surface area (Å²) in [5, 5.41) is 0.920. The molecule has 0 saturated heterocycles. The summed E-state index contributed by atoms with van der Waals surface area (Å²) < 4.78 is 57.3. The second-order valence-electron chi connectivity index (χ2n) is 11.0. The fraction of sp³-hybridized carbons (Fsp3) is 0.294. The lowest BCUT2D eigenvalue weighted by Crippen LogP contribution is -2.32. The SMILES string of the molecule is CCS(=O)(=O)N(Cc1ccc(C(=O)CN)cn1)c1cc(C)cc(Cl)c1.CCS(=O)(=O)N(Cc1ccc(C(=O)OC)cn1)c1cc(C)cc(Cl)c1. The number of Topliss-reactive ketones (excluding diaryl/α,β-unsaturated/α-hetero) is 1. The predicted octanol–water partition coefficient (Wildman–Crippen LogP) is 5.73. The number of aryl methyl sites for hydroxylation is 2. The van der Waals surface area contributed by atoms with Gasteiger partial charge in [-0.25, -0.2) is 21.6 Å². The number of carbonyl (C=O) groups excluding carboxylic acids is 2. The minimum absolute atomic E-state index is 0.0391. The molecule has 0 unspecified atom stereocenters. The van der Waals surface area contributed by atoms with Gasteiger partial charge in [0, 0.05) is 28.0 Å². The van der Waals surface area contributed by atoms with Crippen molar-refractivity contribution < 1.29 is 31.2 Å². The first kappa shape index (κ1) is 40.4. The van der Waals surface area contributed by atoms with Crippen LogP contribution in [-0.2, 0) is 37.9 Å². The Morgan fingerprint density at radius 2 is 1.14 bits per heavy atom. The highest BCUT2D eigenvalue weighted by atomic mass is 35.5. The van der Waals surface area contributed by atoms with Gasteiger partial charge in [0.05, 0.1) is 66.6 Å². The molecule has 0 amide bonds. The molecule has 4 aromatic rings. The fourth-order valence-electron chi connectivity index (χ4n) is 4.59. The van der Waals surface area contributed by atoms with Gasteiger partial charge in [0.2, 0.25) is 20.0 Å². The highest BCUT2D eigenvalue weighted by Gasteiger charge is 2.24. The van der Waals surface area contributed by atoms with E-state index < -0.39 is 26.0 Å². The molecule has 0 fully saturated rings. The number of anilines is 2. The van der Waals surface area contributed by atoms with Crippen molar-refractivity contribution in [3.05, 3.63) is 117 Å². The van der Waals surface area contributed by atoms with Gasteiger partial charge in [0.1, 0.15) is 0 Å². The highest BCUT2D eigenvalue weighted by molar-refractivity contribution is 7.93. The van der Waals surface area contributed by atoms with Crippen LogP contribution in [0, 0.1) is 13.8 Å². The van der Waals surface area contributed by atoms with Crippen LogP contribution in [0.5, 0.6) is 0 Å². The number of aromatic nitrogens is 2. The van der Waals surface area contributed by atoms with Crippen molar-refractivity contribution in [1.82, 2.24) is 9.97 Å². The third kappa shape index (κ3) is 11.0. The van der Waals surface area contributed by atoms with Crippen LogP contribution in [0.1, 0.15) is 57.1 Å². The molecule has 0 radical (unpaired) electrons. The molecule has 2 aromatic carbocycles. The number of esters is 1. The first-order valence-corrected chi connectivity index (χ1v) is 19.3. The number of sulfonamides is 2. The third-order valence-corrected chi connectivity index (χ3v) is 11.1. The number of nitrogens with two attached hydrogens (primary N) is 1. The minimum Gasteiger partial charge on any atom is -0.465 e. The van der Waals surface area contributed by atoms with Gasteiger partial charge in [0.15, 0.2) is 5.78 Å². The van der Waals surface area contributed by atoms with Crippen LogP contribution in [0.25, 0.3) is 0 Å². The van der Waals surface area contributed by atoms with E-state index in [-0.39, 0.29) is 36.9 Å². The second kappa shape index (κ2) is 17.7. The number of ether oxygens (including phenoxy) is 1. The molecule has 0 saturated carbocycles. The zero-order valence-corrected chi connectivity index (χ0v) is 31.4. The van der Waals surface area contributed by atoms with Gasteiger partial charge in [0.25, 0.3) is 0 Å². The fourth-order valence-corrected chi connectivity index (χ4v) is 7.29. The van der Waals surface area contributed by atoms with E-state index in [0.29, 0.717) is 43.9 Å². The van der Waals surface area contributed by atoms with Gasteiger partial charge >= 0.3 is 5.97 Å². The van der Waals surface area contributed by atoms with Gasteiger partial charge in [-0.05, 0) is 99.5 Å². The highest BCUT2D eigenvalue weighted by Crippen LogP contribution is 2.28. The summed E-state index contributed by atoms with van der Waals surface area (Å²) in [4.78, 5) is 31.4. The van der Waals surface area contributed by atoms with E-state index in [0.717, 1.165) is 11.1 Å². The van der Waals surface area contributed by atoms with Crippen LogP contribution in [-0.4, -0.2) is 63.7 Å². The van der Waals surface area contributed by atoms with Crippen LogP contribution in [0.4, 0.5) is 11.4 Å². The lowest BCUT2D eigenvalue weighted by Gasteiger charge is -2.24. The Labute approximate surface area is 303 Å². The molecule has 0 aliphatic rings. The zero-order chi connectivity index (χ0) is 37.2. The summed E-state index contributed by atoms with van der Waals surface area (Å²) >= 11 is 12.1. The predicted molar refractivity (Wildman–Crippen MR) is 197 cm³/mol. The molecule has 0 bridgehead atoms. The number of nitrogens with zero attached hydrogens (tertiary/aromatic N) is 4. The minimum atomic E-state index is -3.53. The summed E-state index contributed by atoms with van der Waals surface area (Å²) in [6, 6.07) is 16.6. The van der Waals surface area contributed by atoms with Gasteiger partial charge in [-0.1, -0.05) is 23.2 Å². The molecular weight excluding hydrogens is 725 g/mol. The molecule has 2 heterocycles. The average Bonchev–Trinajstić information content (AvgIpc) is 3.08. The van der Waals surface area contributed by atoms with Crippen molar-refractivity contribution in [2.45, 2.75) is 40.8 Å². The Morgan fingerprint density at radius 1 is 0.720 bits per heavy atom. The molecule has 12 nitrogen and oxygen atoms in total. The zero-order valence-electron chi connectivity index (χ0n) is 28.3. The van der Waals surface area contributed by atoms with E-state index in [1.54, 1.807) is 74.5 Å². The van der Waals surface area contributed by atoms with Crippen molar-refractivity contribution in [3.8, 4) is 0 Å². The Bertz CT molecular complexity index is 1840. The van der Waals surface area contributed by atoms with Gasteiger partial charge in [-0.15, -0.1) is 0 Å². The Balaban J connectivity index is 0.000000270. The first-order chi connectivity index (χ1) is 23.5. The maximum Gasteiger partial charge on any atom is 0.339 e. The normalized spacial score (nSPS) is 11.3. The van der Waals surface area contributed by atoms with Crippen LogP contribution < -0.4 is 14.3 Å². The number of ketones is 1. The maximum absolute atomic E-state index is 12.5. The topological polar surface area (TPSA) is 170 Å². The summed E-state index contributed by atoms with van der Waals surface area (Å²) in [6.45, 7) is 6.83. The molecule has 0 atom stereocenters. The summed E-state index contributed by atoms with van der Waals surface area (Å²) in [6.07, 6.45) is 2.77. The number of rotatable bonds is 13. The third-order valence-electron chi connectivity index (χ3n) is 7.22. The van der Waals surface area contributed by atoms with Crippen molar-refractivity contribution >= 4 is 66.4 Å². The lowest BCUT2D eigenvalue weighted by molar-refractivity contribution is 0.0600. The molecule has 2 aromatic heterocycles. The monoisotopic (exact) mass is 763 g/mol. The maximum atomic E-state index is 12.5. The molecule has 0 aliphatic heterocycles. The summed E-state index contributed by atoms with van der Waals surface area (Å²) in [5.74, 6) is -0.828. The molecule has 268 valence electrons. The molecule has 50 heavy (non-hydrogen) atoms. The van der Waals surface area contributed by atoms with Gasteiger partial charge in [-0.3, -0.25) is 23.4 Å². The van der Waals surface area contributed by atoms with Crippen LogP contribution >= 0.6 is 23.2 Å². The largest absolute Gasteiger partial charge is 0.465 e. The van der Waals surface area contributed by atoms with E-state index >= 15 is 0 Å². The smallest absolute Gasteiger partial charge is 0.339 e. The molecule has 2 N–H and O–H groups in total. The number of methoxy groups -OCH3 is 1. The first-order valence-electron chi connectivity index (χ1n) is 15.3. The van der Waals surface area contributed by atoms with Crippen LogP contribution in [0.15, 0.2) is 73.1 Å². The van der Waals surface area contributed by atoms with E-state index in [2.05, 4.69) is 14.7 Å². The van der Waals surface area contributed by atoms with E-state index in [9.17, 15) is 26.4 Å². The van der Waals surface area contributed by atoms with E-state index in [1.165, 1.54) is 28.1 Å². The van der Waals surface area contributed by atoms with Crippen molar-refractivity contribution in [2.24, 2.45) is 5.73 Å². The van der Waals surface area contributed by atoms with E-state index in [1.807, 2.05) is 13.8 Å². The number of halogens is 2. The second-order valence-corrected chi connectivity index (χ2v) is 16.2. The molecule has 0 spiro atoms. The average molecular weight is 765 g/mol. The number of carbonyl (C=O) groups is 2. The number of hydrogen-bond donors (Lipinski definition) is 1. The van der Waals surface area contributed by atoms with Crippen molar-refractivity contribution in [3.63, 3.8) is 0 Å². The number of hydrogen-bond acceptors (Lipinski definition) is 10. The summed E-state index contributed by atoms with van der Waals surface area (Å²) in [7, 11) is -5.78. The Hall–Kier alpha value is -4.08. The molecular formula is C34H39Cl2N5O7S2. The standard InChI is InChI=1S/C17H20ClN3O3S.C17H19ClN2O4S/c1-3-25(23,24)21(16-7-12(2)6-14(18)8-16)11-15-5-4-13(10-20-15)17(22)9-19;1-4-25(22,23)20(16-8-12(2)7-14(18)9-16)11-15-6-5-13(10-19-15)17(21)24-3/h4-8,10H,3,9,11,19H2,1-2H3;5-10H,4,11H2,1-3H3. The number of pyridine rings is 2. The van der Waals surface area contributed by atoms with Gasteiger partial charge in [-0.2, -0.15) is 0 Å². The van der Waals surface area contributed by atoms with Crippen molar-refractivity contribution in [2.75, 3.05) is 33.8 Å². The molecule has 4 rings (SSSR count). The summed E-state index contributed by atoms with van der Waals surface area (Å²) in [5.41, 5.74) is 9.71. The Morgan fingerprint density at radius 3 is 1.46 bits per heavy atom. The Kier molecular flexibility index (Phi) is 14.3. The van der Waals surface area contributed by atoms with Crippen LogP contribution in [0.3, 0.4) is 0 Å².